The van der Waals surface area contributed by atoms with Crippen LogP contribution in [-0.2, 0) is 9.53 Å². The molecule has 0 aromatic rings. The third kappa shape index (κ3) is 3.77. The highest BCUT2D eigenvalue weighted by Crippen LogP contribution is 2.33. The summed E-state index contributed by atoms with van der Waals surface area (Å²) in [4.78, 5) is 14.6. The van der Waals surface area contributed by atoms with Gasteiger partial charge in [-0.15, -0.1) is 0 Å². The molecule has 0 aliphatic carbocycles. The van der Waals surface area contributed by atoms with Crippen molar-refractivity contribution in [1.82, 2.24) is 10.2 Å². The molecule has 114 valence electrons. The van der Waals surface area contributed by atoms with Crippen molar-refractivity contribution in [3.8, 4) is 0 Å². The van der Waals surface area contributed by atoms with Crippen LogP contribution in [0.15, 0.2) is 11.6 Å². The lowest BCUT2D eigenvalue weighted by atomic mass is 9.95. The predicted octanol–water partition coefficient (Wildman–Crippen LogP) is 1.67. The molecule has 0 bridgehead atoms. The standard InChI is InChI=1S/C15H26N2O2S/c1-3-4-13(2)14(18)16-11-15(5-10-20-12-15)17-6-8-19-9-7-17/h4H,3,5-12H2,1-2H3,(H,16,18)/b13-4+. The number of carbonyl (C=O) groups excluding carboxylic acids is 1. The molecule has 2 aliphatic rings. The maximum atomic E-state index is 12.1. The van der Waals surface area contributed by atoms with Crippen LogP contribution >= 0.6 is 11.8 Å². The van der Waals surface area contributed by atoms with Crippen LogP contribution in [0.25, 0.3) is 0 Å². The third-order valence-electron chi connectivity index (χ3n) is 4.21. The van der Waals surface area contributed by atoms with Gasteiger partial charge in [-0.05, 0) is 25.5 Å². The lowest BCUT2D eigenvalue weighted by molar-refractivity contribution is -0.118. The maximum Gasteiger partial charge on any atom is 0.246 e. The van der Waals surface area contributed by atoms with Crippen molar-refractivity contribution < 1.29 is 9.53 Å². The van der Waals surface area contributed by atoms with E-state index < -0.39 is 0 Å². The lowest BCUT2D eigenvalue weighted by Gasteiger charge is -2.43. The summed E-state index contributed by atoms with van der Waals surface area (Å²) in [5, 5.41) is 3.14. The number of nitrogens with zero attached hydrogens (tertiary/aromatic N) is 1. The molecule has 1 amide bonds. The molecule has 2 aliphatic heterocycles. The summed E-state index contributed by atoms with van der Waals surface area (Å²) in [6.45, 7) is 8.31. The van der Waals surface area contributed by atoms with Gasteiger partial charge in [0, 0.05) is 36.5 Å². The average molecular weight is 298 g/mol. The van der Waals surface area contributed by atoms with Gasteiger partial charge in [0.2, 0.25) is 5.91 Å². The van der Waals surface area contributed by atoms with Crippen molar-refractivity contribution in [2.75, 3.05) is 44.4 Å². The van der Waals surface area contributed by atoms with Gasteiger partial charge >= 0.3 is 0 Å². The number of amides is 1. The minimum Gasteiger partial charge on any atom is -0.379 e. The second-order valence-electron chi connectivity index (χ2n) is 5.60. The number of nitrogens with one attached hydrogen (secondary N) is 1. The molecule has 0 aromatic carbocycles. The second-order valence-corrected chi connectivity index (χ2v) is 6.71. The van der Waals surface area contributed by atoms with Gasteiger partial charge in [0.15, 0.2) is 0 Å². The largest absolute Gasteiger partial charge is 0.379 e. The molecule has 0 radical (unpaired) electrons. The molecule has 2 rings (SSSR count). The van der Waals surface area contributed by atoms with Crippen molar-refractivity contribution >= 4 is 17.7 Å². The van der Waals surface area contributed by atoms with Gasteiger partial charge in [0.25, 0.3) is 0 Å². The fraction of sp³-hybridized carbons (Fsp3) is 0.800. The zero-order valence-corrected chi connectivity index (χ0v) is 13.4. The van der Waals surface area contributed by atoms with E-state index in [9.17, 15) is 4.79 Å². The van der Waals surface area contributed by atoms with Crippen LogP contribution in [-0.4, -0.2) is 60.7 Å². The fourth-order valence-electron chi connectivity index (χ4n) is 2.92. The lowest BCUT2D eigenvalue weighted by Crippen LogP contribution is -2.59. The van der Waals surface area contributed by atoms with Crippen LogP contribution in [0.1, 0.15) is 26.7 Å². The van der Waals surface area contributed by atoms with Crippen LogP contribution < -0.4 is 5.32 Å². The summed E-state index contributed by atoms with van der Waals surface area (Å²) in [5.74, 6) is 2.39. The molecule has 1 atom stereocenters. The van der Waals surface area contributed by atoms with Crippen molar-refractivity contribution in [1.29, 1.82) is 0 Å². The van der Waals surface area contributed by atoms with Gasteiger partial charge in [-0.2, -0.15) is 11.8 Å². The molecule has 5 heteroatoms. The van der Waals surface area contributed by atoms with Gasteiger partial charge < -0.3 is 10.1 Å². The number of carbonyl (C=O) groups is 1. The van der Waals surface area contributed by atoms with E-state index in [4.69, 9.17) is 4.74 Å². The first-order valence-electron chi connectivity index (χ1n) is 7.53. The van der Waals surface area contributed by atoms with Crippen LogP contribution in [0.4, 0.5) is 0 Å². The highest BCUT2D eigenvalue weighted by atomic mass is 32.2. The molecule has 1 N–H and O–H groups in total. The molecule has 2 fully saturated rings. The number of allylic oxidation sites excluding steroid dienone is 1. The monoisotopic (exact) mass is 298 g/mol. The summed E-state index contributed by atoms with van der Waals surface area (Å²) in [6.07, 6.45) is 4.05. The first kappa shape index (κ1) is 15.9. The van der Waals surface area contributed by atoms with Crippen molar-refractivity contribution in [2.24, 2.45) is 0 Å². The zero-order valence-electron chi connectivity index (χ0n) is 12.6. The molecule has 1 unspecified atom stereocenters. The number of ether oxygens (including phenoxy) is 1. The van der Waals surface area contributed by atoms with E-state index >= 15 is 0 Å². The fourth-order valence-corrected chi connectivity index (χ4v) is 4.40. The molecule has 4 nitrogen and oxygen atoms in total. The van der Waals surface area contributed by atoms with Crippen LogP contribution in [0.2, 0.25) is 0 Å². The predicted molar refractivity (Wildman–Crippen MR) is 84.1 cm³/mol. The van der Waals surface area contributed by atoms with E-state index in [0.29, 0.717) is 0 Å². The number of hydrogen-bond acceptors (Lipinski definition) is 4. The van der Waals surface area contributed by atoms with E-state index in [0.717, 1.165) is 57.0 Å². The number of morpholine rings is 1. The van der Waals surface area contributed by atoms with Gasteiger partial charge in [-0.1, -0.05) is 13.0 Å². The van der Waals surface area contributed by atoms with Crippen LogP contribution in [0.3, 0.4) is 0 Å². The quantitative estimate of drug-likeness (QED) is 0.784. The highest BCUT2D eigenvalue weighted by Gasteiger charge is 2.40. The van der Waals surface area contributed by atoms with Gasteiger partial charge in [-0.25, -0.2) is 0 Å². The Balaban J connectivity index is 1.95. The minimum atomic E-state index is 0.0800. The van der Waals surface area contributed by atoms with Gasteiger partial charge in [-0.3, -0.25) is 9.69 Å². The van der Waals surface area contributed by atoms with E-state index in [1.54, 1.807) is 0 Å². The molecule has 0 aromatic heterocycles. The molecular weight excluding hydrogens is 272 g/mol. The third-order valence-corrected chi connectivity index (χ3v) is 5.45. The number of thioether (sulfide) groups is 1. The van der Waals surface area contributed by atoms with Crippen molar-refractivity contribution in [2.45, 2.75) is 32.2 Å². The summed E-state index contributed by atoms with van der Waals surface area (Å²) in [6, 6.07) is 0. The van der Waals surface area contributed by atoms with Gasteiger partial charge in [0.1, 0.15) is 0 Å². The number of rotatable bonds is 5. The summed E-state index contributed by atoms with van der Waals surface area (Å²) in [7, 11) is 0. The second kappa shape index (κ2) is 7.48. The minimum absolute atomic E-state index is 0.0800. The first-order valence-corrected chi connectivity index (χ1v) is 8.69. The molecule has 2 heterocycles. The molecule has 2 saturated heterocycles. The highest BCUT2D eigenvalue weighted by molar-refractivity contribution is 7.99. The van der Waals surface area contributed by atoms with Crippen LogP contribution in [0.5, 0.6) is 0 Å². The van der Waals surface area contributed by atoms with E-state index in [1.807, 2.05) is 24.8 Å². The average Bonchev–Trinajstić information content (AvgIpc) is 2.96. The Morgan fingerprint density at radius 2 is 2.20 bits per heavy atom. The normalized spacial score (nSPS) is 28.6. The number of hydrogen-bond donors (Lipinski definition) is 1. The molecule has 20 heavy (non-hydrogen) atoms. The Labute approximate surface area is 126 Å². The Morgan fingerprint density at radius 1 is 1.45 bits per heavy atom. The Kier molecular flexibility index (Phi) is 5.93. The topological polar surface area (TPSA) is 41.6 Å². The van der Waals surface area contributed by atoms with Crippen molar-refractivity contribution in [3.63, 3.8) is 0 Å². The van der Waals surface area contributed by atoms with Gasteiger partial charge in [0.05, 0.1) is 13.2 Å². The van der Waals surface area contributed by atoms with E-state index in [1.165, 1.54) is 5.75 Å². The Hall–Kier alpha value is -0.520. The Bertz CT molecular complexity index is 359. The zero-order chi connectivity index (χ0) is 14.4. The first-order chi connectivity index (χ1) is 9.68. The van der Waals surface area contributed by atoms with E-state index in [-0.39, 0.29) is 11.4 Å². The van der Waals surface area contributed by atoms with Crippen molar-refractivity contribution in [3.05, 3.63) is 11.6 Å². The Morgan fingerprint density at radius 3 is 2.80 bits per heavy atom. The SMILES string of the molecule is CC/C=C(\C)C(=O)NCC1(N2CCOCC2)CCSC1. The maximum absolute atomic E-state index is 12.1. The molecule has 0 saturated carbocycles. The summed E-state index contributed by atoms with van der Waals surface area (Å²) in [5.41, 5.74) is 0.964. The molecule has 0 spiro atoms. The smallest absolute Gasteiger partial charge is 0.246 e. The molecular formula is C15H26N2O2S. The summed E-state index contributed by atoms with van der Waals surface area (Å²) >= 11 is 2.00. The summed E-state index contributed by atoms with van der Waals surface area (Å²) < 4.78 is 5.46. The van der Waals surface area contributed by atoms with E-state index in [2.05, 4.69) is 17.1 Å². The van der Waals surface area contributed by atoms with Crippen LogP contribution in [0, 0.1) is 0 Å².